The summed E-state index contributed by atoms with van der Waals surface area (Å²) >= 11 is 0. The average Bonchev–Trinajstić information content (AvgIpc) is 3.60. The number of fused-ring (bicyclic) bond motifs is 9. The molecule has 0 aromatic carbocycles. The van der Waals surface area contributed by atoms with E-state index in [2.05, 4.69) is 6.92 Å². The lowest BCUT2D eigenvalue weighted by Gasteiger charge is -2.58. The SMILES string of the molecule is CC[C@]12CCC3C4=C(CC(=O)CC4)C4(CC4)CC3C1C1CC1[C@@]21CCC(=O)O1. The zero-order valence-electron chi connectivity index (χ0n) is 17.1. The molecule has 6 aliphatic carbocycles. The van der Waals surface area contributed by atoms with Gasteiger partial charge in [0.2, 0.25) is 0 Å². The van der Waals surface area contributed by atoms with Gasteiger partial charge in [-0.1, -0.05) is 18.1 Å². The topological polar surface area (TPSA) is 43.4 Å². The van der Waals surface area contributed by atoms with Crippen molar-refractivity contribution in [2.24, 2.45) is 40.4 Å². The Balaban J connectivity index is 1.34. The number of ether oxygens (including phenoxy) is 1. The normalized spacial score (nSPS) is 52.2. The highest BCUT2D eigenvalue weighted by Crippen LogP contribution is 2.80. The second kappa shape index (κ2) is 4.95. The number of carbonyl (C=O) groups excluding carboxylic acids is 2. The molecule has 7 rings (SSSR count). The van der Waals surface area contributed by atoms with Gasteiger partial charge in [0.1, 0.15) is 11.4 Å². The van der Waals surface area contributed by atoms with Crippen LogP contribution in [0.25, 0.3) is 0 Å². The predicted octanol–water partition coefficient (Wildman–Crippen LogP) is 4.98. The lowest BCUT2D eigenvalue weighted by molar-refractivity contribution is -0.176. The highest BCUT2D eigenvalue weighted by Gasteiger charge is 2.80. The van der Waals surface area contributed by atoms with Crippen molar-refractivity contribution in [1.29, 1.82) is 0 Å². The van der Waals surface area contributed by atoms with Crippen molar-refractivity contribution in [2.45, 2.75) is 89.6 Å². The van der Waals surface area contributed by atoms with Crippen molar-refractivity contribution in [2.75, 3.05) is 0 Å². The summed E-state index contributed by atoms with van der Waals surface area (Å²) in [5.74, 6) is 4.30. The summed E-state index contributed by atoms with van der Waals surface area (Å²) in [4.78, 5) is 24.5. The Morgan fingerprint density at radius 1 is 1.04 bits per heavy atom. The molecule has 28 heavy (non-hydrogen) atoms. The van der Waals surface area contributed by atoms with E-state index in [4.69, 9.17) is 4.74 Å². The van der Waals surface area contributed by atoms with Crippen LogP contribution in [-0.2, 0) is 14.3 Å². The zero-order chi connectivity index (χ0) is 18.9. The lowest BCUT2D eigenvalue weighted by atomic mass is 9.47. The van der Waals surface area contributed by atoms with Crippen LogP contribution < -0.4 is 0 Å². The van der Waals surface area contributed by atoms with Gasteiger partial charge in [0.15, 0.2) is 0 Å². The van der Waals surface area contributed by atoms with E-state index in [-0.39, 0.29) is 17.0 Å². The van der Waals surface area contributed by atoms with E-state index in [0.717, 1.165) is 49.4 Å². The Hall–Kier alpha value is -1.12. The molecule has 7 aliphatic rings. The number of Topliss-reactive ketones (excluding diaryl/α,β-unsaturated/α-hetero) is 1. The minimum atomic E-state index is -0.118. The van der Waals surface area contributed by atoms with Crippen LogP contribution in [0.2, 0.25) is 0 Å². The molecule has 5 fully saturated rings. The first kappa shape index (κ1) is 16.7. The minimum absolute atomic E-state index is 0.0688. The maximum absolute atomic E-state index is 12.3. The van der Waals surface area contributed by atoms with Gasteiger partial charge in [-0.3, -0.25) is 9.59 Å². The third kappa shape index (κ3) is 1.72. The van der Waals surface area contributed by atoms with Gasteiger partial charge in [-0.15, -0.1) is 0 Å². The van der Waals surface area contributed by atoms with E-state index in [9.17, 15) is 9.59 Å². The number of hydrogen-bond acceptors (Lipinski definition) is 3. The lowest BCUT2D eigenvalue weighted by Crippen LogP contribution is -2.56. The standard InChI is InChI=1S/C25H32O3/c1-2-24-7-5-15-16-4-3-14(26)11-19(16)23(9-10-23)13-18(15)22(24)17-12-20(17)25(24)8-6-21(27)28-25/h15,17-18,20,22H,2-13H2,1H3/t15?,17?,18?,20?,22?,24-,25-/m0/s1. The Morgan fingerprint density at radius 3 is 2.61 bits per heavy atom. The summed E-state index contributed by atoms with van der Waals surface area (Å²) in [5.41, 5.74) is 3.87. The summed E-state index contributed by atoms with van der Waals surface area (Å²) in [6.07, 6.45) is 13.2. The third-order valence-electron chi connectivity index (χ3n) is 10.9. The minimum Gasteiger partial charge on any atom is -0.458 e. The van der Waals surface area contributed by atoms with E-state index < -0.39 is 0 Å². The Bertz CT molecular complexity index is 835. The van der Waals surface area contributed by atoms with E-state index >= 15 is 0 Å². The fraction of sp³-hybridized carbons (Fsp3) is 0.840. The number of esters is 1. The van der Waals surface area contributed by atoms with Crippen LogP contribution in [0.5, 0.6) is 0 Å². The van der Waals surface area contributed by atoms with Crippen molar-refractivity contribution in [3.05, 3.63) is 11.1 Å². The zero-order valence-corrected chi connectivity index (χ0v) is 17.1. The monoisotopic (exact) mass is 380 g/mol. The van der Waals surface area contributed by atoms with Gasteiger partial charge in [0.05, 0.1) is 0 Å². The number of rotatable bonds is 1. The molecule has 4 saturated carbocycles. The third-order valence-corrected chi connectivity index (χ3v) is 10.9. The molecule has 0 aromatic rings. The van der Waals surface area contributed by atoms with Gasteiger partial charge in [-0.05, 0) is 86.9 Å². The average molecular weight is 381 g/mol. The molecule has 0 N–H and O–H groups in total. The summed E-state index contributed by atoms with van der Waals surface area (Å²) in [6.45, 7) is 2.38. The fourth-order valence-electron chi connectivity index (χ4n) is 9.80. The first-order valence-electron chi connectivity index (χ1n) is 12.0. The maximum atomic E-state index is 12.3. The van der Waals surface area contributed by atoms with Crippen LogP contribution in [0.3, 0.4) is 0 Å². The second-order valence-corrected chi connectivity index (χ2v) is 11.4. The first-order valence-corrected chi connectivity index (χ1v) is 12.0. The van der Waals surface area contributed by atoms with Crippen molar-refractivity contribution in [1.82, 2.24) is 0 Å². The number of ketones is 1. The Labute approximate surface area is 167 Å². The molecule has 3 nitrogen and oxygen atoms in total. The highest BCUT2D eigenvalue weighted by atomic mass is 16.6. The molecular weight excluding hydrogens is 348 g/mol. The molecule has 5 unspecified atom stereocenters. The Kier molecular flexibility index (Phi) is 2.94. The summed E-state index contributed by atoms with van der Waals surface area (Å²) in [5, 5.41) is 0. The van der Waals surface area contributed by atoms with E-state index in [1.54, 1.807) is 11.1 Å². The van der Waals surface area contributed by atoms with Crippen molar-refractivity contribution in [3.63, 3.8) is 0 Å². The quantitative estimate of drug-likeness (QED) is 0.476. The molecule has 7 atom stereocenters. The molecule has 0 aromatic heterocycles. The van der Waals surface area contributed by atoms with Crippen LogP contribution >= 0.6 is 0 Å². The van der Waals surface area contributed by atoms with Gasteiger partial charge in [-0.2, -0.15) is 0 Å². The maximum Gasteiger partial charge on any atom is 0.306 e. The second-order valence-electron chi connectivity index (χ2n) is 11.4. The summed E-state index contributed by atoms with van der Waals surface area (Å²) < 4.78 is 6.30. The fourth-order valence-corrected chi connectivity index (χ4v) is 9.80. The van der Waals surface area contributed by atoms with E-state index in [1.807, 2.05) is 0 Å². The smallest absolute Gasteiger partial charge is 0.306 e. The summed E-state index contributed by atoms with van der Waals surface area (Å²) in [6, 6.07) is 0. The Morgan fingerprint density at radius 2 is 1.89 bits per heavy atom. The van der Waals surface area contributed by atoms with Crippen molar-refractivity contribution < 1.29 is 14.3 Å². The van der Waals surface area contributed by atoms with Crippen LogP contribution in [-0.4, -0.2) is 17.4 Å². The van der Waals surface area contributed by atoms with Gasteiger partial charge < -0.3 is 4.74 Å². The molecule has 0 radical (unpaired) electrons. The van der Waals surface area contributed by atoms with Gasteiger partial charge >= 0.3 is 5.97 Å². The number of hydrogen-bond donors (Lipinski definition) is 0. The van der Waals surface area contributed by atoms with Gasteiger partial charge in [-0.25, -0.2) is 0 Å². The van der Waals surface area contributed by atoms with Crippen molar-refractivity contribution >= 4 is 11.8 Å². The number of carbonyl (C=O) groups is 2. The van der Waals surface area contributed by atoms with Crippen LogP contribution in [0.4, 0.5) is 0 Å². The van der Waals surface area contributed by atoms with E-state index in [1.165, 1.54) is 44.9 Å². The molecule has 1 heterocycles. The van der Waals surface area contributed by atoms with Gasteiger partial charge in [0, 0.05) is 30.6 Å². The highest BCUT2D eigenvalue weighted by molar-refractivity contribution is 5.83. The molecule has 150 valence electrons. The molecule has 3 heteroatoms. The first-order chi connectivity index (χ1) is 13.5. The van der Waals surface area contributed by atoms with Crippen LogP contribution in [0.1, 0.15) is 84.0 Å². The van der Waals surface area contributed by atoms with Crippen LogP contribution in [0.15, 0.2) is 11.1 Å². The largest absolute Gasteiger partial charge is 0.458 e. The van der Waals surface area contributed by atoms with Crippen LogP contribution in [0, 0.1) is 40.4 Å². The molecule has 1 aliphatic heterocycles. The molecule has 0 bridgehead atoms. The van der Waals surface area contributed by atoms with E-state index in [0.29, 0.717) is 23.5 Å². The number of allylic oxidation sites excluding steroid dienone is 2. The van der Waals surface area contributed by atoms with Crippen molar-refractivity contribution in [3.8, 4) is 0 Å². The molecule has 0 amide bonds. The molecular formula is C25H32O3. The molecule has 1 saturated heterocycles. The predicted molar refractivity (Wildman–Crippen MR) is 104 cm³/mol. The molecule has 2 spiro atoms. The summed E-state index contributed by atoms with van der Waals surface area (Å²) in [7, 11) is 0. The van der Waals surface area contributed by atoms with Gasteiger partial charge in [0.25, 0.3) is 0 Å².